The van der Waals surface area contributed by atoms with Crippen molar-refractivity contribution in [2.45, 2.75) is 40.2 Å². The summed E-state index contributed by atoms with van der Waals surface area (Å²) in [5.74, 6) is -0.483. The van der Waals surface area contributed by atoms with Crippen LogP contribution in [0.5, 0.6) is 0 Å². The number of nitrogens with one attached hydrogen (secondary N) is 1. The highest BCUT2D eigenvalue weighted by molar-refractivity contribution is 5.82. The van der Waals surface area contributed by atoms with Gasteiger partial charge in [-0.3, -0.25) is 0 Å². The molecule has 2 N–H and O–H groups in total. The van der Waals surface area contributed by atoms with Gasteiger partial charge in [0.1, 0.15) is 6.04 Å². The molecular formula is C14H28N2O4. The van der Waals surface area contributed by atoms with Crippen molar-refractivity contribution in [1.82, 2.24) is 10.2 Å². The molecule has 0 fully saturated rings. The molecule has 1 atom stereocenters. The molecule has 0 saturated heterocycles. The van der Waals surface area contributed by atoms with Crippen molar-refractivity contribution in [1.29, 1.82) is 0 Å². The van der Waals surface area contributed by atoms with Crippen LogP contribution in [-0.2, 0) is 9.53 Å². The third kappa shape index (κ3) is 7.99. The van der Waals surface area contributed by atoms with Crippen LogP contribution >= 0.6 is 0 Å². The average Bonchev–Trinajstić information content (AvgIpc) is 2.32. The minimum absolute atomic E-state index is 0.203. The van der Waals surface area contributed by atoms with Crippen molar-refractivity contribution in [2.24, 2.45) is 11.8 Å². The van der Waals surface area contributed by atoms with Crippen molar-refractivity contribution >= 4 is 12.0 Å². The van der Waals surface area contributed by atoms with Gasteiger partial charge in [0.15, 0.2) is 0 Å². The van der Waals surface area contributed by atoms with Crippen LogP contribution in [0.15, 0.2) is 0 Å². The standard InChI is InChI=1S/C14H28N2O4/c1-10(2)8-12(13(17)18)15-14(19)16(6-7-20-5)9-11(3)4/h10-12H,6-9H2,1-5H3,(H,15,19)(H,17,18). The number of aliphatic carboxylic acids is 1. The topological polar surface area (TPSA) is 78.9 Å². The molecule has 6 heteroatoms. The number of hydrogen-bond donors (Lipinski definition) is 2. The zero-order valence-corrected chi connectivity index (χ0v) is 13.2. The van der Waals surface area contributed by atoms with Crippen LogP contribution in [0.25, 0.3) is 0 Å². The van der Waals surface area contributed by atoms with E-state index < -0.39 is 12.0 Å². The van der Waals surface area contributed by atoms with Gasteiger partial charge in [0, 0.05) is 20.2 Å². The number of carbonyl (C=O) groups excluding carboxylic acids is 1. The van der Waals surface area contributed by atoms with Crippen LogP contribution < -0.4 is 5.32 Å². The van der Waals surface area contributed by atoms with Gasteiger partial charge in [-0.1, -0.05) is 27.7 Å². The predicted octanol–water partition coefficient (Wildman–Crippen LogP) is 1.80. The van der Waals surface area contributed by atoms with Gasteiger partial charge < -0.3 is 20.1 Å². The summed E-state index contributed by atoms with van der Waals surface area (Å²) in [5, 5.41) is 11.7. The molecule has 0 rings (SSSR count). The molecule has 0 aliphatic carbocycles. The van der Waals surface area contributed by atoms with E-state index in [2.05, 4.69) is 5.32 Å². The van der Waals surface area contributed by atoms with Gasteiger partial charge in [-0.05, 0) is 18.3 Å². The minimum atomic E-state index is -0.997. The van der Waals surface area contributed by atoms with Crippen molar-refractivity contribution in [3.63, 3.8) is 0 Å². The largest absolute Gasteiger partial charge is 0.480 e. The molecule has 0 aliphatic heterocycles. The number of amides is 2. The van der Waals surface area contributed by atoms with E-state index >= 15 is 0 Å². The Balaban J connectivity index is 4.64. The summed E-state index contributed by atoms with van der Waals surface area (Å²) in [6, 6.07) is -1.19. The number of carbonyl (C=O) groups is 2. The fraction of sp³-hybridized carbons (Fsp3) is 0.857. The quantitative estimate of drug-likeness (QED) is 0.678. The normalized spacial score (nSPS) is 12.6. The molecule has 20 heavy (non-hydrogen) atoms. The molecule has 118 valence electrons. The average molecular weight is 288 g/mol. The first kappa shape index (κ1) is 18.7. The second-order valence-electron chi connectivity index (χ2n) is 5.80. The van der Waals surface area contributed by atoms with Crippen LogP contribution in [0.3, 0.4) is 0 Å². The van der Waals surface area contributed by atoms with Crippen LogP contribution in [0.4, 0.5) is 4.79 Å². The lowest BCUT2D eigenvalue weighted by Gasteiger charge is -2.27. The number of carboxylic acids is 1. The van der Waals surface area contributed by atoms with E-state index in [9.17, 15) is 9.59 Å². The Kier molecular flexibility index (Phi) is 8.96. The van der Waals surface area contributed by atoms with E-state index in [1.807, 2.05) is 27.7 Å². The Morgan fingerprint density at radius 1 is 1.20 bits per heavy atom. The van der Waals surface area contributed by atoms with Gasteiger partial charge >= 0.3 is 12.0 Å². The van der Waals surface area contributed by atoms with E-state index in [4.69, 9.17) is 9.84 Å². The lowest BCUT2D eigenvalue weighted by atomic mass is 10.0. The summed E-state index contributed by atoms with van der Waals surface area (Å²) >= 11 is 0. The van der Waals surface area contributed by atoms with Gasteiger partial charge in [-0.25, -0.2) is 9.59 Å². The summed E-state index contributed by atoms with van der Waals surface area (Å²) < 4.78 is 4.98. The van der Waals surface area contributed by atoms with E-state index in [-0.39, 0.29) is 11.9 Å². The molecule has 0 aromatic rings. The van der Waals surface area contributed by atoms with Crippen LogP contribution in [0, 0.1) is 11.8 Å². The first-order valence-corrected chi connectivity index (χ1v) is 7.05. The summed E-state index contributed by atoms with van der Waals surface area (Å²) in [6.07, 6.45) is 0.418. The smallest absolute Gasteiger partial charge is 0.326 e. The van der Waals surface area contributed by atoms with Crippen LogP contribution in [0.2, 0.25) is 0 Å². The number of hydrogen-bond acceptors (Lipinski definition) is 3. The Hall–Kier alpha value is -1.30. The molecule has 0 aromatic carbocycles. The first-order valence-electron chi connectivity index (χ1n) is 7.05. The van der Waals surface area contributed by atoms with Crippen LogP contribution in [-0.4, -0.2) is 54.9 Å². The summed E-state index contributed by atoms with van der Waals surface area (Å²) in [4.78, 5) is 24.9. The maximum Gasteiger partial charge on any atom is 0.326 e. The molecule has 0 bridgehead atoms. The van der Waals surface area contributed by atoms with Gasteiger partial charge in [-0.15, -0.1) is 0 Å². The third-order valence-corrected chi connectivity index (χ3v) is 2.74. The Morgan fingerprint density at radius 3 is 2.20 bits per heavy atom. The highest BCUT2D eigenvalue weighted by Crippen LogP contribution is 2.07. The number of nitrogens with zero attached hydrogens (tertiary/aromatic N) is 1. The second-order valence-corrected chi connectivity index (χ2v) is 5.80. The summed E-state index contributed by atoms with van der Waals surface area (Å²) in [6.45, 7) is 9.34. The van der Waals surface area contributed by atoms with Crippen molar-refractivity contribution in [3.05, 3.63) is 0 Å². The molecule has 0 saturated carbocycles. The molecule has 2 amide bonds. The number of urea groups is 1. The number of methoxy groups -OCH3 is 1. The minimum Gasteiger partial charge on any atom is -0.480 e. The highest BCUT2D eigenvalue weighted by Gasteiger charge is 2.24. The van der Waals surface area contributed by atoms with Gasteiger partial charge in [0.25, 0.3) is 0 Å². The lowest BCUT2D eigenvalue weighted by molar-refractivity contribution is -0.139. The molecule has 6 nitrogen and oxygen atoms in total. The number of rotatable bonds is 9. The maximum absolute atomic E-state index is 12.2. The highest BCUT2D eigenvalue weighted by atomic mass is 16.5. The fourth-order valence-corrected chi connectivity index (χ4v) is 1.85. The molecule has 0 heterocycles. The number of ether oxygens (including phenoxy) is 1. The second kappa shape index (κ2) is 9.58. The van der Waals surface area contributed by atoms with Gasteiger partial charge in [-0.2, -0.15) is 0 Å². The molecule has 0 spiro atoms. The number of carboxylic acid groups (broad SMARTS) is 1. The molecule has 1 unspecified atom stereocenters. The van der Waals surface area contributed by atoms with Gasteiger partial charge in [0.2, 0.25) is 0 Å². The van der Waals surface area contributed by atoms with Gasteiger partial charge in [0.05, 0.1) is 6.61 Å². The van der Waals surface area contributed by atoms with E-state index in [0.717, 1.165) is 0 Å². The molecule has 0 radical (unpaired) electrons. The Labute approximate surface area is 121 Å². The monoisotopic (exact) mass is 288 g/mol. The van der Waals surface area contributed by atoms with Crippen molar-refractivity contribution in [2.75, 3.05) is 26.8 Å². The lowest BCUT2D eigenvalue weighted by Crippen LogP contribution is -2.50. The summed E-state index contributed by atoms with van der Waals surface area (Å²) in [5.41, 5.74) is 0. The molecular weight excluding hydrogens is 260 g/mol. The zero-order chi connectivity index (χ0) is 15.7. The molecule has 0 aromatic heterocycles. The van der Waals surface area contributed by atoms with Crippen molar-refractivity contribution < 1.29 is 19.4 Å². The van der Waals surface area contributed by atoms with E-state index in [1.165, 1.54) is 0 Å². The first-order chi connectivity index (χ1) is 9.27. The SMILES string of the molecule is COCCN(CC(C)C)C(=O)NC(CC(C)C)C(=O)O. The van der Waals surface area contributed by atoms with Crippen LogP contribution in [0.1, 0.15) is 34.1 Å². The predicted molar refractivity (Wildman–Crippen MR) is 77.7 cm³/mol. The van der Waals surface area contributed by atoms with E-state index in [0.29, 0.717) is 32.0 Å². The zero-order valence-electron chi connectivity index (χ0n) is 13.2. The third-order valence-electron chi connectivity index (χ3n) is 2.74. The summed E-state index contributed by atoms with van der Waals surface area (Å²) in [7, 11) is 1.57. The molecule has 0 aliphatic rings. The Morgan fingerprint density at radius 2 is 1.80 bits per heavy atom. The van der Waals surface area contributed by atoms with E-state index in [1.54, 1.807) is 12.0 Å². The fourth-order valence-electron chi connectivity index (χ4n) is 1.85. The Bertz CT molecular complexity index is 306. The van der Waals surface area contributed by atoms with Crippen molar-refractivity contribution in [3.8, 4) is 0 Å². The maximum atomic E-state index is 12.2.